The summed E-state index contributed by atoms with van der Waals surface area (Å²) in [5, 5.41) is 9.59. The maximum absolute atomic E-state index is 12.4. The Hall–Kier alpha value is -2.55. The minimum atomic E-state index is -0.279. The van der Waals surface area contributed by atoms with Gasteiger partial charge in [0, 0.05) is 29.8 Å². The molecule has 2 aromatic rings. The molecular formula is C25H35IN4O2. The molecular weight excluding hydrogens is 515 g/mol. The van der Waals surface area contributed by atoms with Gasteiger partial charge in [0.2, 0.25) is 0 Å². The summed E-state index contributed by atoms with van der Waals surface area (Å²) >= 11 is 0. The van der Waals surface area contributed by atoms with E-state index in [4.69, 9.17) is 4.74 Å². The van der Waals surface area contributed by atoms with Crippen molar-refractivity contribution in [3.8, 4) is 5.75 Å². The normalized spacial score (nSPS) is 11.2. The zero-order valence-corrected chi connectivity index (χ0v) is 21.7. The van der Waals surface area contributed by atoms with Crippen LogP contribution in [0, 0.1) is 0 Å². The molecule has 0 saturated carbocycles. The number of nitrogens with one attached hydrogen (secondary N) is 3. The average molecular weight is 550 g/mol. The van der Waals surface area contributed by atoms with Crippen molar-refractivity contribution in [2.45, 2.75) is 46.3 Å². The van der Waals surface area contributed by atoms with Gasteiger partial charge in [-0.1, -0.05) is 43.0 Å². The van der Waals surface area contributed by atoms with Crippen molar-refractivity contribution in [1.82, 2.24) is 16.0 Å². The van der Waals surface area contributed by atoms with Crippen molar-refractivity contribution in [3.63, 3.8) is 0 Å². The summed E-state index contributed by atoms with van der Waals surface area (Å²) < 4.78 is 5.72. The second-order valence-corrected chi connectivity index (χ2v) is 8.16. The first-order chi connectivity index (χ1) is 14.8. The molecule has 32 heavy (non-hydrogen) atoms. The number of halogens is 1. The van der Waals surface area contributed by atoms with Gasteiger partial charge in [-0.05, 0) is 51.5 Å². The van der Waals surface area contributed by atoms with Crippen molar-refractivity contribution in [1.29, 1.82) is 0 Å². The van der Waals surface area contributed by atoms with Gasteiger partial charge in [0.15, 0.2) is 5.96 Å². The van der Waals surface area contributed by atoms with Crippen LogP contribution >= 0.6 is 24.0 Å². The summed E-state index contributed by atoms with van der Waals surface area (Å²) in [5.41, 5.74) is 2.36. The summed E-state index contributed by atoms with van der Waals surface area (Å²) in [5.74, 6) is 1.44. The number of carbonyl (C=O) groups is 1. The van der Waals surface area contributed by atoms with Crippen LogP contribution in [-0.2, 0) is 13.1 Å². The molecule has 0 aliphatic carbocycles. The number of nitrogens with zero attached hydrogens (tertiary/aromatic N) is 1. The first-order valence-electron chi connectivity index (χ1n) is 10.6. The van der Waals surface area contributed by atoms with E-state index in [9.17, 15) is 4.79 Å². The third-order valence-electron chi connectivity index (χ3n) is 4.22. The van der Waals surface area contributed by atoms with E-state index in [1.165, 1.54) is 0 Å². The molecule has 0 aliphatic rings. The van der Waals surface area contributed by atoms with Crippen LogP contribution in [0.3, 0.4) is 0 Å². The maximum atomic E-state index is 12.4. The highest BCUT2D eigenvalue weighted by Crippen LogP contribution is 2.17. The molecule has 0 aromatic heterocycles. The molecule has 0 saturated heterocycles. The minimum Gasteiger partial charge on any atom is -0.489 e. The van der Waals surface area contributed by atoms with Gasteiger partial charge in [0.25, 0.3) is 5.91 Å². The zero-order valence-electron chi connectivity index (χ0n) is 19.4. The van der Waals surface area contributed by atoms with Crippen LogP contribution in [0.4, 0.5) is 0 Å². The topological polar surface area (TPSA) is 74.8 Å². The summed E-state index contributed by atoms with van der Waals surface area (Å²) in [7, 11) is 0. The second kappa shape index (κ2) is 13.8. The van der Waals surface area contributed by atoms with E-state index in [-0.39, 0.29) is 35.4 Å². The van der Waals surface area contributed by atoms with Crippen molar-refractivity contribution in [2.24, 2.45) is 4.99 Å². The Kier molecular flexibility index (Phi) is 11.8. The first kappa shape index (κ1) is 27.5. The van der Waals surface area contributed by atoms with E-state index >= 15 is 0 Å². The van der Waals surface area contributed by atoms with Gasteiger partial charge in [-0.3, -0.25) is 4.79 Å². The molecule has 0 aliphatic heterocycles. The quantitative estimate of drug-likeness (QED) is 0.184. The number of hydrogen-bond acceptors (Lipinski definition) is 3. The lowest BCUT2D eigenvalue weighted by Gasteiger charge is -2.20. The van der Waals surface area contributed by atoms with Crippen LogP contribution in [-0.4, -0.2) is 30.6 Å². The van der Waals surface area contributed by atoms with Crippen LogP contribution in [0.2, 0.25) is 0 Å². The third-order valence-corrected chi connectivity index (χ3v) is 4.22. The van der Waals surface area contributed by atoms with Gasteiger partial charge in [-0.2, -0.15) is 0 Å². The van der Waals surface area contributed by atoms with E-state index in [0.29, 0.717) is 31.2 Å². The van der Waals surface area contributed by atoms with Crippen LogP contribution in [0.25, 0.3) is 0 Å². The SMILES string of the molecule is C=CCOc1ccccc1CNC(=NCc1cccc(C(=O)NC(C)(C)C)c1)NCC.I. The lowest BCUT2D eigenvalue weighted by Crippen LogP contribution is -2.40. The van der Waals surface area contributed by atoms with E-state index in [2.05, 4.69) is 27.5 Å². The standard InChI is InChI=1S/C25H34N4O2.HI/c1-6-15-31-22-14-9-8-12-21(22)18-28-24(26-7-2)27-17-19-11-10-13-20(16-19)23(30)29-25(3,4)5;/h6,8-14,16H,1,7,15,17-18H2,2-5H3,(H,29,30)(H2,26,27,28);1H. The summed E-state index contributed by atoms with van der Waals surface area (Å²) in [6, 6.07) is 15.4. The Bertz CT molecular complexity index is 907. The lowest BCUT2D eigenvalue weighted by atomic mass is 10.1. The van der Waals surface area contributed by atoms with E-state index in [1.807, 2.05) is 76.2 Å². The van der Waals surface area contributed by atoms with Crippen LogP contribution in [0.15, 0.2) is 66.2 Å². The van der Waals surface area contributed by atoms with Gasteiger partial charge in [0.05, 0.1) is 6.54 Å². The van der Waals surface area contributed by atoms with Gasteiger partial charge in [-0.15, -0.1) is 24.0 Å². The molecule has 1 amide bonds. The molecule has 174 valence electrons. The Morgan fingerprint density at radius 3 is 2.56 bits per heavy atom. The first-order valence-corrected chi connectivity index (χ1v) is 10.6. The van der Waals surface area contributed by atoms with Gasteiger partial charge in [-0.25, -0.2) is 4.99 Å². The molecule has 2 aromatic carbocycles. The summed E-state index contributed by atoms with van der Waals surface area (Å²) in [6.45, 7) is 13.9. The van der Waals surface area contributed by atoms with E-state index < -0.39 is 0 Å². The Balaban J connectivity index is 0.00000512. The summed E-state index contributed by atoms with van der Waals surface area (Å²) in [4.78, 5) is 17.1. The smallest absolute Gasteiger partial charge is 0.251 e. The number of rotatable bonds is 9. The van der Waals surface area contributed by atoms with Crippen LogP contribution in [0.1, 0.15) is 49.2 Å². The van der Waals surface area contributed by atoms with Crippen LogP contribution in [0.5, 0.6) is 5.75 Å². The van der Waals surface area contributed by atoms with Gasteiger partial charge >= 0.3 is 0 Å². The molecule has 2 rings (SSSR count). The molecule has 3 N–H and O–H groups in total. The molecule has 0 fully saturated rings. The van der Waals surface area contributed by atoms with E-state index in [1.54, 1.807) is 6.08 Å². The highest BCUT2D eigenvalue weighted by Gasteiger charge is 2.15. The summed E-state index contributed by atoms with van der Waals surface area (Å²) in [6.07, 6.45) is 1.73. The zero-order chi connectivity index (χ0) is 22.7. The molecule has 0 atom stereocenters. The van der Waals surface area contributed by atoms with Gasteiger partial charge in [0.1, 0.15) is 12.4 Å². The molecule has 0 bridgehead atoms. The number of hydrogen-bond donors (Lipinski definition) is 3. The Morgan fingerprint density at radius 2 is 1.88 bits per heavy atom. The highest BCUT2D eigenvalue weighted by atomic mass is 127. The third kappa shape index (κ3) is 9.72. The number of benzene rings is 2. The van der Waals surface area contributed by atoms with Gasteiger partial charge < -0.3 is 20.7 Å². The minimum absolute atomic E-state index is 0. The Morgan fingerprint density at radius 1 is 1.12 bits per heavy atom. The lowest BCUT2D eigenvalue weighted by molar-refractivity contribution is 0.0919. The fourth-order valence-electron chi connectivity index (χ4n) is 2.85. The average Bonchev–Trinajstić information content (AvgIpc) is 2.74. The monoisotopic (exact) mass is 550 g/mol. The van der Waals surface area contributed by atoms with Crippen molar-refractivity contribution < 1.29 is 9.53 Å². The predicted molar refractivity (Wildman–Crippen MR) is 143 cm³/mol. The fraction of sp³-hybridized carbons (Fsp3) is 0.360. The van der Waals surface area contributed by atoms with Crippen molar-refractivity contribution in [3.05, 3.63) is 77.9 Å². The Labute approximate surface area is 209 Å². The number of guanidine groups is 1. The molecule has 0 unspecified atom stereocenters. The van der Waals surface area contributed by atoms with Crippen molar-refractivity contribution >= 4 is 35.8 Å². The largest absolute Gasteiger partial charge is 0.489 e. The predicted octanol–water partition coefficient (Wildman–Crippen LogP) is 4.65. The van der Waals surface area contributed by atoms with Crippen molar-refractivity contribution in [2.75, 3.05) is 13.2 Å². The number of carbonyl (C=O) groups excluding carboxylic acids is 1. The number of para-hydroxylation sites is 1. The fourth-order valence-corrected chi connectivity index (χ4v) is 2.85. The number of ether oxygens (including phenoxy) is 1. The molecule has 0 heterocycles. The number of aliphatic imine (C=N–C) groups is 1. The maximum Gasteiger partial charge on any atom is 0.251 e. The number of amides is 1. The molecule has 6 nitrogen and oxygen atoms in total. The molecule has 0 radical (unpaired) electrons. The molecule has 7 heteroatoms. The van der Waals surface area contributed by atoms with E-state index in [0.717, 1.165) is 23.4 Å². The second-order valence-electron chi connectivity index (χ2n) is 8.16. The highest BCUT2D eigenvalue weighted by molar-refractivity contribution is 14.0. The molecule has 0 spiro atoms. The van der Waals surface area contributed by atoms with Crippen LogP contribution < -0.4 is 20.7 Å².